The molecule has 2 atom stereocenters. The molecule has 0 spiro atoms. The molecule has 0 aliphatic carbocycles. The van der Waals surface area contributed by atoms with Gasteiger partial charge in [-0.15, -0.1) is 0 Å². The molecule has 0 saturated heterocycles. The summed E-state index contributed by atoms with van der Waals surface area (Å²) >= 11 is 7.30. The summed E-state index contributed by atoms with van der Waals surface area (Å²) in [6, 6.07) is 16.3. The highest BCUT2D eigenvalue weighted by atomic mass is 79.9. The lowest BCUT2D eigenvalue weighted by atomic mass is 9.88. The van der Waals surface area contributed by atoms with Crippen molar-refractivity contribution in [3.05, 3.63) is 70.8 Å². The Bertz CT molecular complexity index is 692. The molecule has 0 heterocycles. The van der Waals surface area contributed by atoms with Crippen LogP contribution in [0.1, 0.15) is 71.4 Å². The van der Waals surface area contributed by atoms with E-state index in [1.807, 2.05) is 36.4 Å². The minimum absolute atomic E-state index is 0.0593. The van der Waals surface area contributed by atoms with E-state index >= 15 is 0 Å². The lowest BCUT2D eigenvalue weighted by molar-refractivity contribution is 0.0989. The normalized spacial score (nSPS) is 14.0. The van der Waals surface area contributed by atoms with Crippen LogP contribution in [0.25, 0.3) is 0 Å². The van der Waals surface area contributed by atoms with Crippen LogP contribution in [0.15, 0.2) is 48.5 Å². The van der Waals surface area contributed by atoms with E-state index in [1.165, 1.54) is 5.56 Å². The maximum atomic E-state index is 13.1. The van der Waals surface area contributed by atoms with Crippen molar-refractivity contribution in [1.82, 2.24) is 0 Å². The molecule has 0 aliphatic rings. The predicted molar refractivity (Wildman–Crippen MR) is 110 cm³/mol. The minimum Gasteiger partial charge on any atom is -0.293 e. The third kappa shape index (κ3) is 4.37. The maximum absolute atomic E-state index is 13.1. The van der Waals surface area contributed by atoms with Crippen LogP contribution in [0.4, 0.5) is 0 Å². The maximum Gasteiger partial charge on any atom is 0.178 e. The first kappa shape index (κ1) is 19.4. The summed E-state index contributed by atoms with van der Waals surface area (Å²) in [5.41, 5.74) is 4.32. The van der Waals surface area contributed by atoms with E-state index in [4.69, 9.17) is 0 Å². The highest BCUT2D eigenvalue weighted by Gasteiger charge is 2.28. The summed E-state index contributed by atoms with van der Waals surface area (Å²) in [5, 5.41) is 0. The van der Waals surface area contributed by atoms with Crippen molar-refractivity contribution in [3.63, 3.8) is 0 Å². The molecule has 0 amide bonds. The Kier molecular flexibility index (Phi) is 6.82. The fourth-order valence-corrected chi connectivity index (χ4v) is 3.83. The summed E-state index contributed by atoms with van der Waals surface area (Å²) in [4.78, 5) is 12.7. The van der Waals surface area contributed by atoms with Gasteiger partial charge in [-0.05, 0) is 28.5 Å². The summed E-state index contributed by atoms with van der Waals surface area (Å²) in [6.45, 7) is 8.64. The van der Waals surface area contributed by atoms with Crippen molar-refractivity contribution in [2.45, 2.75) is 49.2 Å². The number of halogens is 2. The van der Waals surface area contributed by atoms with Crippen molar-refractivity contribution in [1.29, 1.82) is 0 Å². The van der Waals surface area contributed by atoms with Crippen molar-refractivity contribution >= 4 is 37.6 Å². The van der Waals surface area contributed by atoms with E-state index in [1.54, 1.807) is 0 Å². The molecule has 0 aliphatic heterocycles. The summed E-state index contributed by atoms with van der Waals surface area (Å²) in [6.07, 6.45) is 0. The number of carbonyl (C=O) groups excluding carboxylic acids is 1. The second kappa shape index (κ2) is 8.44. The van der Waals surface area contributed by atoms with E-state index in [2.05, 4.69) is 71.7 Å². The van der Waals surface area contributed by atoms with Gasteiger partial charge in [0.15, 0.2) is 5.78 Å². The van der Waals surface area contributed by atoms with Gasteiger partial charge in [0, 0.05) is 5.56 Å². The summed E-state index contributed by atoms with van der Waals surface area (Å²) < 4.78 is 0. The molecule has 0 N–H and O–H groups in total. The topological polar surface area (TPSA) is 17.1 Å². The molecular weight excluding hydrogens is 428 g/mol. The van der Waals surface area contributed by atoms with Crippen LogP contribution >= 0.6 is 31.9 Å². The Morgan fingerprint density at radius 1 is 0.833 bits per heavy atom. The number of hydrogen-bond acceptors (Lipinski definition) is 1. The highest BCUT2D eigenvalue weighted by Crippen LogP contribution is 2.35. The Balaban J connectivity index is 2.35. The van der Waals surface area contributed by atoms with Crippen LogP contribution in [-0.4, -0.2) is 10.6 Å². The van der Waals surface area contributed by atoms with Gasteiger partial charge in [-0.3, -0.25) is 4.79 Å². The molecule has 1 nitrogen and oxygen atoms in total. The van der Waals surface area contributed by atoms with Crippen molar-refractivity contribution in [3.8, 4) is 0 Å². The quantitative estimate of drug-likeness (QED) is 0.340. The first-order chi connectivity index (χ1) is 11.3. The molecule has 24 heavy (non-hydrogen) atoms. The zero-order valence-corrected chi connectivity index (χ0v) is 17.8. The van der Waals surface area contributed by atoms with Crippen LogP contribution in [0.3, 0.4) is 0 Å². The first-order valence-corrected chi connectivity index (χ1v) is 10.2. The van der Waals surface area contributed by atoms with Gasteiger partial charge in [-0.1, -0.05) is 108 Å². The van der Waals surface area contributed by atoms with Gasteiger partial charge < -0.3 is 0 Å². The van der Waals surface area contributed by atoms with Crippen LogP contribution < -0.4 is 0 Å². The number of carbonyl (C=O) groups is 1. The molecular formula is C21H24Br2O. The summed E-state index contributed by atoms with van der Waals surface area (Å²) in [7, 11) is 0. The standard InChI is InChI=1S/C21H24Br2O/c1-13(2)16-10-11-17(18(12-16)14(3)4)21(24)20(23)19(22)15-8-6-5-7-9-15/h5-14,19-20H,1-4H3/t19-,20+/m0/s1. The fourth-order valence-electron chi connectivity index (χ4n) is 2.73. The lowest BCUT2D eigenvalue weighted by Gasteiger charge is -2.20. The fraction of sp³-hybridized carbons (Fsp3) is 0.381. The smallest absolute Gasteiger partial charge is 0.178 e. The monoisotopic (exact) mass is 450 g/mol. The number of ketones is 1. The molecule has 3 heteroatoms. The Hall–Kier alpha value is -0.930. The number of rotatable bonds is 6. The van der Waals surface area contributed by atoms with Gasteiger partial charge in [0.1, 0.15) is 0 Å². The number of hydrogen-bond donors (Lipinski definition) is 0. The number of alkyl halides is 2. The van der Waals surface area contributed by atoms with Crippen LogP contribution in [-0.2, 0) is 0 Å². The molecule has 2 aromatic rings. The van der Waals surface area contributed by atoms with Crippen LogP contribution in [0, 0.1) is 0 Å². The molecule has 0 fully saturated rings. The van der Waals surface area contributed by atoms with Gasteiger partial charge in [0.05, 0.1) is 9.65 Å². The van der Waals surface area contributed by atoms with Gasteiger partial charge in [-0.2, -0.15) is 0 Å². The zero-order valence-electron chi connectivity index (χ0n) is 14.6. The second-order valence-electron chi connectivity index (χ2n) is 6.73. The van der Waals surface area contributed by atoms with Gasteiger partial charge in [0.2, 0.25) is 0 Å². The van der Waals surface area contributed by atoms with Gasteiger partial charge in [0.25, 0.3) is 0 Å². The zero-order chi connectivity index (χ0) is 17.9. The SMILES string of the molecule is CC(C)c1ccc(C(=O)[C@H](Br)[C@@H](Br)c2ccccc2)c(C(C)C)c1. The van der Waals surface area contributed by atoms with E-state index in [0.29, 0.717) is 11.8 Å². The van der Waals surface area contributed by atoms with E-state index in [-0.39, 0.29) is 15.4 Å². The Morgan fingerprint density at radius 2 is 1.46 bits per heavy atom. The average molecular weight is 452 g/mol. The minimum atomic E-state index is -0.303. The van der Waals surface area contributed by atoms with E-state index in [9.17, 15) is 4.79 Å². The summed E-state index contributed by atoms with van der Waals surface area (Å²) in [5.74, 6) is 0.896. The Morgan fingerprint density at radius 3 is 2.00 bits per heavy atom. The number of benzene rings is 2. The van der Waals surface area contributed by atoms with Gasteiger partial charge in [-0.25, -0.2) is 0 Å². The van der Waals surface area contributed by atoms with Crippen LogP contribution in [0.5, 0.6) is 0 Å². The van der Waals surface area contributed by atoms with E-state index < -0.39 is 0 Å². The van der Waals surface area contributed by atoms with Crippen LogP contribution in [0.2, 0.25) is 0 Å². The lowest BCUT2D eigenvalue weighted by Crippen LogP contribution is -2.21. The number of Topliss-reactive ketones (excluding diaryl/α,β-unsaturated/α-hetero) is 1. The van der Waals surface area contributed by atoms with Gasteiger partial charge >= 0.3 is 0 Å². The third-order valence-electron chi connectivity index (χ3n) is 4.26. The largest absolute Gasteiger partial charge is 0.293 e. The molecule has 2 rings (SSSR count). The molecule has 2 aromatic carbocycles. The third-order valence-corrected chi connectivity index (χ3v) is 6.97. The predicted octanol–water partition coefficient (Wildman–Crippen LogP) is 7.02. The molecule has 0 saturated carbocycles. The molecule has 0 bridgehead atoms. The van der Waals surface area contributed by atoms with Crippen molar-refractivity contribution in [2.24, 2.45) is 0 Å². The molecule has 0 unspecified atom stereocenters. The molecule has 128 valence electrons. The van der Waals surface area contributed by atoms with Crippen molar-refractivity contribution < 1.29 is 4.79 Å². The molecule has 0 aromatic heterocycles. The Labute approximate surface area is 162 Å². The van der Waals surface area contributed by atoms with E-state index in [0.717, 1.165) is 16.7 Å². The van der Waals surface area contributed by atoms with Crippen molar-refractivity contribution in [2.75, 3.05) is 0 Å². The molecule has 0 radical (unpaired) electrons. The first-order valence-electron chi connectivity index (χ1n) is 8.34. The average Bonchev–Trinajstić information content (AvgIpc) is 2.59. The second-order valence-corrected chi connectivity index (χ2v) is 8.71. The highest BCUT2D eigenvalue weighted by molar-refractivity contribution is 9.12.